The molecule has 4 unspecified atom stereocenters. The third-order valence-electron chi connectivity index (χ3n) is 4.22. The number of carbonyl (C=O) groups is 5. The zero-order valence-corrected chi connectivity index (χ0v) is 18.0. The topological polar surface area (TPSA) is 240 Å². The summed E-state index contributed by atoms with van der Waals surface area (Å²) in [6.07, 6.45) is 0.761. The van der Waals surface area contributed by atoms with Crippen molar-refractivity contribution in [3.8, 4) is 0 Å². The molecule has 13 nitrogen and oxygen atoms in total. The van der Waals surface area contributed by atoms with Crippen molar-refractivity contribution in [1.29, 1.82) is 0 Å². The number of nitrogens with one attached hydrogen (secondary N) is 3. The molecule has 0 spiro atoms. The summed E-state index contributed by atoms with van der Waals surface area (Å²) in [5.74, 6) is -4.56. The third-order valence-corrected chi connectivity index (χ3v) is 4.59. The first kappa shape index (κ1) is 28.6. The molecule has 0 heterocycles. The quantitative estimate of drug-likeness (QED) is 0.0801. The molecule has 0 fully saturated rings. The minimum Gasteiger partial charge on any atom is -0.480 e. The van der Waals surface area contributed by atoms with E-state index in [0.717, 1.165) is 0 Å². The zero-order chi connectivity index (χ0) is 24.0. The Hall–Kier alpha value is -2.42. The van der Waals surface area contributed by atoms with Crippen molar-refractivity contribution in [2.24, 2.45) is 17.2 Å². The highest BCUT2D eigenvalue weighted by molar-refractivity contribution is 7.80. The maximum atomic E-state index is 12.7. The van der Waals surface area contributed by atoms with E-state index in [0.29, 0.717) is 19.4 Å². The first-order chi connectivity index (χ1) is 14.6. The van der Waals surface area contributed by atoms with Gasteiger partial charge in [0.15, 0.2) is 0 Å². The van der Waals surface area contributed by atoms with Crippen LogP contribution in [0.4, 0.5) is 0 Å². The van der Waals surface area contributed by atoms with Crippen LogP contribution in [0.2, 0.25) is 0 Å². The normalized spacial score (nSPS) is 14.6. The molecular formula is C17H32N6O7S. The van der Waals surface area contributed by atoms with Gasteiger partial charge in [-0.1, -0.05) is 0 Å². The van der Waals surface area contributed by atoms with Crippen LogP contribution in [-0.4, -0.2) is 82.9 Å². The number of carboxylic acids is 1. The summed E-state index contributed by atoms with van der Waals surface area (Å²) in [6.45, 7) is -0.312. The second kappa shape index (κ2) is 15.4. The summed E-state index contributed by atoms with van der Waals surface area (Å²) >= 11 is 3.88. The smallest absolute Gasteiger partial charge is 0.327 e. The van der Waals surface area contributed by atoms with E-state index in [1.54, 1.807) is 0 Å². The van der Waals surface area contributed by atoms with Crippen LogP contribution in [0.5, 0.6) is 0 Å². The number of hydrogen-bond donors (Lipinski definition) is 9. The number of aliphatic hydroxyl groups is 1. The van der Waals surface area contributed by atoms with Crippen molar-refractivity contribution < 1.29 is 34.2 Å². The molecule has 178 valence electrons. The van der Waals surface area contributed by atoms with Crippen molar-refractivity contribution in [2.75, 3.05) is 18.9 Å². The first-order valence-corrected chi connectivity index (χ1v) is 10.3. The first-order valence-electron chi connectivity index (χ1n) is 9.66. The number of aliphatic carboxylic acids is 1. The predicted octanol–water partition coefficient (Wildman–Crippen LogP) is -3.83. The number of aliphatic hydroxyl groups excluding tert-OH is 1. The van der Waals surface area contributed by atoms with Gasteiger partial charge in [-0.15, -0.1) is 0 Å². The Balaban J connectivity index is 5.41. The van der Waals surface area contributed by atoms with E-state index in [1.165, 1.54) is 0 Å². The lowest BCUT2D eigenvalue weighted by atomic mass is 10.1. The SMILES string of the molecule is NCCCCC(NC(=O)C(CCC(N)=O)NC(=O)C(N)CO)C(=O)NC(CS)C(=O)O. The summed E-state index contributed by atoms with van der Waals surface area (Å²) in [7, 11) is 0. The van der Waals surface area contributed by atoms with Gasteiger partial charge >= 0.3 is 5.97 Å². The van der Waals surface area contributed by atoms with Crippen LogP contribution in [-0.2, 0) is 24.0 Å². The van der Waals surface area contributed by atoms with E-state index < -0.39 is 60.4 Å². The van der Waals surface area contributed by atoms with Gasteiger partial charge in [0, 0.05) is 12.2 Å². The van der Waals surface area contributed by atoms with E-state index in [-0.39, 0.29) is 25.0 Å². The maximum absolute atomic E-state index is 12.7. The van der Waals surface area contributed by atoms with Crippen LogP contribution in [0.1, 0.15) is 32.1 Å². The van der Waals surface area contributed by atoms with Gasteiger partial charge in [-0.25, -0.2) is 4.79 Å². The molecule has 0 bridgehead atoms. The Labute approximate surface area is 185 Å². The fourth-order valence-corrected chi connectivity index (χ4v) is 2.66. The molecule has 31 heavy (non-hydrogen) atoms. The highest BCUT2D eigenvalue weighted by Gasteiger charge is 2.29. The van der Waals surface area contributed by atoms with E-state index in [9.17, 15) is 24.0 Å². The molecule has 0 saturated heterocycles. The summed E-state index contributed by atoms with van der Waals surface area (Å²) in [5.41, 5.74) is 16.0. The second-order valence-corrected chi connectivity index (χ2v) is 7.15. The zero-order valence-electron chi connectivity index (χ0n) is 17.1. The van der Waals surface area contributed by atoms with Gasteiger partial charge in [0.1, 0.15) is 24.2 Å². The Bertz CT molecular complexity index is 636. The number of unbranched alkanes of at least 4 members (excludes halogenated alkanes) is 1. The molecule has 4 atom stereocenters. The van der Waals surface area contributed by atoms with Gasteiger partial charge in [0.05, 0.1) is 6.61 Å². The highest BCUT2D eigenvalue weighted by atomic mass is 32.1. The van der Waals surface area contributed by atoms with E-state index in [4.69, 9.17) is 27.4 Å². The molecule has 0 radical (unpaired) electrons. The third kappa shape index (κ3) is 11.5. The number of carboxylic acid groups (broad SMARTS) is 1. The fraction of sp³-hybridized carbons (Fsp3) is 0.706. The summed E-state index contributed by atoms with van der Waals surface area (Å²) in [5, 5.41) is 25.1. The summed E-state index contributed by atoms with van der Waals surface area (Å²) in [4.78, 5) is 59.5. The van der Waals surface area contributed by atoms with Gasteiger partial charge in [0.2, 0.25) is 23.6 Å². The van der Waals surface area contributed by atoms with E-state index in [1.807, 2.05) is 0 Å². The number of nitrogens with two attached hydrogens (primary N) is 3. The molecule has 0 aliphatic carbocycles. The van der Waals surface area contributed by atoms with Crippen molar-refractivity contribution in [1.82, 2.24) is 16.0 Å². The standard InChI is InChI=1S/C17H32N6O7S/c18-6-2-1-3-10(15(27)23-12(8-31)17(29)30)22-16(28)11(4-5-13(20)25)21-14(26)9(19)7-24/h9-12,24,31H,1-8,18-19H2,(H2,20,25)(H,21,26)(H,22,28)(H,23,27)(H,29,30). The number of primary amides is 1. The minimum absolute atomic E-state index is 0.153. The van der Waals surface area contributed by atoms with Crippen LogP contribution in [0.25, 0.3) is 0 Å². The van der Waals surface area contributed by atoms with Crippen molar-refractivity contribution >= 4 is 42.2 Å². The molecule has 0 aliphatic rings. The monoisotopic (exact) mass is 464 g/mol. The number of amides is 4. The predicted molar refractivity (Wildman–Crippen MR) is 114 cm³/mol. The Kier molecular flexibility index (Phi) is 14.2. The van der Waals surface area contributed by atoms with Gasteiger partial charge < -0.3 is 43.4 Å². The van der Waals surface area contributed by atoms with Gasteiger partial charge in [0.25, 0.3) is 0 Å². The molecule has 0 rings (SSSR count). The van der Waals surface area contributed by atoms with Crippen LogP contribution in [0, 0.1) is 0 Å². The molecule has 11 N–H and O–H groups in total. The molecule has 4 amide bonds. The molecule has 0 aromatic carbocycles. The van der Waals surface area contributed by atoms with Crippen molar-refractivity contribution in [3.05, 3.63) is 0 Å². The lowest BCUT2D eigenvalue weighted by Crippen LogP contribution is -2.57. The molecule has 0 saturated carbocycles. The van der Waals surface area contributed by atoms with Gasteiger partial charge in [-0.2, -0.15) is 12.6 Å². The Morgan fingerprint density at radius 3 is 1.84 bits per heavy atom. The number of rotatable bonds is 16. The second-order valence-electron chi connectivity index (χ2n) is 6.78. The molecule has 0 aromatic rings. The molecule has 14 heteroatoms. The molecule has 0 aliphatic heterocycles. The minimum atomic E-state index is -1.29. The van der Waals surface area contributed by atoms with Crippen LogP contribution in [0.15, 0.2) is 0 Å². The van der Waals surface area contributed by atoms with Crippen molar-refractivity contribution in [3.63, 3.8) is 0 Å². The van der Waals surface area contributed by atoms with Crippen LogP contribution in [0.3, 0.4) is 0 Å². The van der Waals surface area contributed by atoms with Crippen LogP contribution < -0.4 is 33.2 Å². The maximum Gasteiger partial charge on any atom is 0.327 e. The fourth-order valence-electron chi connectivity index (χ4n) is 2.41. The Morgan fingerprint density at radius 2 is 1.39 bits per heavy atom. The van der Waals surface area contributed by atoms with Gasteiger partial charge in [-0.3, -0.25) is 19.2 Å². The number of thiol groups is 1. The average Bonchev–Trinajstić information content (AvgIpc) is 2.72. The van der Waals surface area contributed by atoms with Crippen molar-refractivity contribution in [2.45, 2.75) is 56.3 Å². The molecular weight excluding hydrogens is 432 g/mol. The lowest BCUT2D eigenvalue weighted by Gasteiger charge is -2.24. The van der Waals surface area contributed by atoms with Gasteiger partial charge in [-0.05, 0) is 32.2 Å². The summed E-state index contributed by atoms with van der Waals surface area (Å²) in [6, 6.07) is -4.94. The average molecular weight is 465 g/mol. The van der Waals surface area contributed by atoms with E-state index in [2.05, 4.69) is 28.6 Å². The van der Waals surface area contributed by atoms with Crippen LogP contribution >= 0.6 is 12.6 Å². The molecule has 0 aromatic heterocycles. The van der Waals surface area contributed by atoms with E-state index >= 15 is 0 Å². The summed E-state index contributed by atoms with van der Waals surface area (Å²) < 4.78 is 0. The largest absolute Gasteiger partial charge is 0.480 e. The lowest BCUT2D eigenvalue weighted by molar-refractivity contribution is -0.141. The highest BCUT2D eigenvalue weighted by Crippen LogP contribution is 2.05. The number of hydrogen-bond acceptors (Lipinski definition) is 9. The Morgan fingerprint density at radius 1 is 0.871 bits per heavy atom. The number of carbonyl (C=O) groups excluding carboxylic acids is 4.